The molecule has 5 nitrogen and oxygen atoms in total. The smallest absolute Gasteiger partial charge is 0.226 e. The first-order chi connectivity index (χ1) is 13.2. The highest BCUT2D eigenvalue weighted by Crippen LogP contribution is 2.29. The molecule has 0 aliphatic heterocycles. The van der Waals surface area contributed by atoms with Gasteiger partial charge in [-0.15, -0.1) is 0 Å². The number of rotatable bonds is 7. The van der Waals surface area contributed by atoms with Crippen LogP contribution in [0.25, 0.3) is 10.2 Å². The zero-order valence-corrected chi connectivity index (χ0v) is 17.9. The summed E-state index contributed by atoms with van der Waals surface area (Å²) in [6, 6.07) is 12.9. The molecule has 3 aromatic rings. The third kappa shape index (κ3) is 4.97. The van der Waals surface area contributed by atoms with Crippen LogP contribution < -0.4 is 5.32 Å². The number of nitrogens with one attached hydrogen (secondary N) is 1. The molecule has 1 N–H and O–H groups in total. The number of benzene rings is 2. The summed E-state index contributed by atoms with van der Waals surface area (Å²) in [5, 5.41) is 3.33. The van der Waals surface area contributed by atoms with Crippen LogP contribution in [0.15, 0.2) is 47.4 Å². The van der Waals surface area contributed by atoms with Crippen molar-refractivity contribution < 1.29 is 13.2 Å². The topological polar surface area (TPSA) is 76.1 Å². The van der Waals surface area contributed by atoms with Gasteiger partial charge in [-0.2, -0.15) is 0 Å². The van der Waals surface area contributed by atoms with Crippen LogP contribution in [0.5, 0.6) is 0 Å². The molecule has 0 bridgehead atoms. The van der Waals surface area contributed by atoms with Crippen LogP contribution >= 0.6 is 11.3 Å². The number of thiazole rings is 1. The van der Waals surface area contributed by atoms with Crippen LogP contribution in [-0.2, 0) is 14.6 Å². The molecule has 0 spiro atoms. The summed E-state index contributed by atoms with van der Waals surface area (Å²) < 4.78 is 25.7. The number of carbonyl (C=O) groups excluding carboxylic acids is 1. The van der Waals surface area contributed by atoms with E-state index in [1.165, 1.54) is 16.9 Å². The quantitative estimate of drug-likeness (QED) is 0.593. The molecule has 2 aromatic carbocycles. The molecule has 0 saturated carbocycles. The summed E-state index contributed by atoms with van der Waals surface area (Å²) in [6.45, 7) is 6.18. The first-order valence-corrected chi connectivity index (χ1v) is 11.7. The molecule has 1 aromatic heterocycles. The van der Waals surface area contributed by atoms with E-state index < -0.39 is 9.84 Å². The van der Waals surface area contributed by atoms with Crippen molar-refractivity contribution in [1.82, 2.24) is 4.98 Å². The summed E-state index contributed by atoms with van der Waals surface area (Å²) in [4.78, 5) is 16.9. The fourth-order valence-electron chi connectivity index (χ4n) is 2.82. The summed E-state index contributed by atoms with van der Waals surface area (Å²) in [6.07, 6.45) is 0.405. The molecule has 0 radical (unpaired) electrons. The van der Waals surface area contributed by atoms with Crippen molar-refractivity contribution in [3.05, 3.63) is 53.6 Å². The maximum Gasteiger partial charge on any atom is 0.226 e. The normalized spacial score (nSPS) is 11.9. The first kappa shape index (κ1) is 20.5. The van der Waals surface area contributed by atoms with Gasteiger partial charge < -0.3 is 5.32 Å². The zero-order valence-electron chi connectivity index (χ0n) is 16.2. The Morgan fingerprint density at radius 1 is 1.14 bits per heavy atom. The molecule has 0 fully saturated rings. The van der Waals surface area contributed by atoms with Crippen molar-refractivity contribution >= 4 is 42.4 Å². The van der Waals surface area contributed by atoms with Crippen LogP contribution in [0.2, 0.25) is 0 Å². The number of nitrogens with zero attached hydrogens (tertiary/aromatic N) is 1. The SMILES string of the molecule is Cc1ccc(S(=O)(=O)CCCC(=O)Nc2nc3ccc(C(C)C)cc3s2)cc1. The van der Waals surface area contributed by atoms with Gasteiger partial charge in [0.25, 0.3) is 0 Å². The summed E-state index contributed by atoms with van der Waals surface area (Å²) in [5.41, 5.74) is 3.09. The fourth-order valence-corrected chi connectivity index (χ4v) is 5.06. The number of hydrogen-bond acceptors (Lipinski definition) is 5. The number of sulfone groups is 1. The van der Waals surface area contributed by atoms with Gasteiger partial charge in [0.05, 0.1) is 20.9 Å². The minimum Gasteiger partial charge on any atom is -0.302 e. The zero-order chi connectivity index (χ0) is 20.3. The van der Waals surface area contributed by atoms with E-state index in [2.05, 4.69) is 30.2 Å². The van der Waals surface area contributed by atoms with Gasteiger partial charge in [-0.3, -0.25) is 4.79 Å². The molecule has 3 rings (SSSR count). The van der Waals surface area contributed by atoms with Crippen LogP contribution in [-0.4, -0.2) is 25.1 Å². The van der Waals surface area contributed by atoms with Gasteiger partial charge in [-0.05, 0) is 49.1 Å². The van der Waals surface area contributed by atoms with Gasteiger partial charge in [0.15, 0.2) is 15.0 Å². The van der Waals surface area contributed by atoms with E-state index in [1.54, 1.807) is 24.3 Å². The monoisotopic (exact) mass is 416 g/mol. The third-order valence-corrected chi connectivity index (χ3v) is 7.27. The van der Waals surface area contributed by atoms with Gasteiger partial charge in [0.1, 0.15) is 0 Å². The molecule has 28 heavy (non-hydrogen) atoms. The minimum absolute atomic E-state index is 0.0545. The van der Waals surface area contributed by atoms with Crippen molar-refractivity contribution in [2.75, 3.05) is 11.1 Å². The van der Waals surface area contributed by atoms with Crippen LogP contribution in [0, 0.1) is 6.92 Å². The number of hydrogen-bond donors (Lipinski definition) is 1. The standard InChI is InChI=1S/C21H24N2O3S2/c1-14(2)16-8-11-18-19(13-16)27-21(22-18)23-20(24)5-4-12-28(25,26)17-9-6-15(3)7-10-17/h6-11,13-14H,4-5,12H2,1-3H3,(H,22,23,24). The Bertz CT molecular complexity index is 1080. The average Bonchev–Trinajstić information content (AvgIpc) is 3.03. The van der Waals surface area contributed by atoms with Crippen LogP contribution in [0.3, 0.4) is 0 Å². The van der Waals surface area contributed by atoms with Gasteiger partial charge in [-0.1, -0.05) is 48.9 Å². The minimum atomic E-state index is -3.37. The van der Waals surface area contributed by atoms with Crippen LogP contribution in [0.4, 0.5) is 5.13 Å². The Labute approximate surface area is 169 Å². The molecular formula is C21H24N2O3S2. The highest BCUT2D eigenvalue weighted by atomic mass is 32.2. The van der Waals surface area contributed by atoms with Crippen molar-refractivity contribution in [2.24, 2.45) is 0 Å². The second-order valence-corrected chi connectivity index (χ2v) is 10.3. The van der Waals surface area contributed by atoms with E-state index in [9.17, 15) is 13.2 Å². The molecule has 0 aliphatic carbocycles. The lowest BCUT2D eigenvalue weighted by atomic mass is 10.0. The van der Waals surface area contributed by atoms with Crippen molar-refractivity contribution in [3.63, 3.8) is 0 Å². The first-order valence-electron chi connectivity index (χ1n) is 9.24. The van der Waals surface area contributed by atoms with E-state index in [0.717, 1.165) is 15.8 Å². The fraction of sp³-hybridized carbons (Fsp3) is 0.333. The molecule has 7 heteroatoms. The van der Waals surface area contributed by atoms with E-state index in [-0.39, 0.29) is 24.5 Å². The predicted molar refractivity (Wildman–Crippen MR) is 115 cm³/mol. The van der Waals surface area contributed by atoms with E-state index in [0.29, 0.717) is 15.9 Å². The number of aromatic nitrogens is 1. The molecule has 1 heterocycles. The van der Waals surface area contributed by atoms with E-state index in [1.807, 2.05) is 19.1 Å². The highest BCUT2D eigenvalue weighted by Gasteiger charge is 2.15. The summed E-state index contributed by atoms with van der Waals surface area (Å²) in [5.74, 6) is 0.156. The maximum atomic E-state index is 12.3. The average molecular weight is 417 g/mol. The molecule has 0 aliphatic rings. The highest BCUT2D eigenvalue weighted by molar-refractivity contribution is 7.91. The second kappa shape index (κ2) is 8.41. The molecule has 148 valence electrons. The Hall–Kier alpha value is -2.25. The Morgan fingerprint density at radius 2 is 1.86 bits per heavy atom. The summed E-state index contributed by atoms with van der Waals surface area (Å²) >= 11 is 1.43. The third-order valence-electron chi connectivity index (χ3n) is 4.52. The lowest BCUT2D eigenvalue weighted by molar-refractivity contribution is -0.116. The van der Waals surface area contributed by atoms with Crippen molar-refractivity contribution in [1.29, 1.82) is 0 Å². The number of anilines is 1. The summed E-state index contributed by atoms with van der Waals surface area (Å²) in [7, 11) is -3.37. The largest absolute Gasteiger partial charge is 0.302 e. The van der Waals surface area contributed by atoms with Gasteiger partial charge in [0, 0.05) is 6.42 Å². The molecular weight excluding hydrogens is 392 g/mol. The Morgan fingerprint density at radius 3 is 2.54 bits per heavy atom. The molecule has 0 atom stereocenters. The lowest BCUT2D eigenvalue weighted by Gasteiger charge is -2.05. The molecule has 0 saturated heterocycles. The number of amides is 1. The molecule has 0 unspecified atom stereocenters. The Balaban J connectivity index is 1.57. The van der Waals surface area contributed by atoms with Gasteiger partial charge >= 0.3 is 0 Å². The predicted octanol–water partition coefficient (Wildman–Crippen LogP) is 4.92. The maximum absolute atomic E-state index is 12.3. The lowest BCUT2D eigenvalue weighted by Crippen LogP contribution is -2.14. The van der Waals surface area contributed by atoms with Gasteiger partial charge in [0.2, 0.25) is 5.91 Å². The van der Waals surface area contributed by atoms with E-state index in [4.69, 9.17) is 0 Å². The molecule has 1 amide bonds. The number of fused-ring (bicyclic) bond motifs is 1. The van der Waals surface area contributed by atoms with Gasteiger partial charge in [-0.25, -0.2) is 13.4 Å². The number of carbonyl (C=O) groups is 1. The Kier molecular flexibility index (Phi) is 6.15. The van der Waals surface area contributed by atoms with Crippen molar-refractivity contribution in [3.8, 4) is 0 Å². The second-order valence-electron chi connectivity index (χ2n) is 7.18. The van der Waals surface area contributed by atoms with Crippen molar-refractivity contribution in [2.45, 2.75) is 44.4 Å². The number of aryl methyl sites for hydroxylation is 1. The van der Waals surface area contributed by atoms with E-state index >= 15 is 0 Å². The van der Waals surface area contributed by atoms with Crippen LogP contribution in [0.1, 0.15) is 43.7 Å².